The Balaban J connectivity index is 1.74. The molecule has 1 aromatic heterocycles. The van der Waals surface area contributed by atoms with Gasteiger partial charge in [-0.1, -0.05) is 23.7 Å². The van der Waals surface area contributed by atoms with Crippen molar-refractivity contribution in [2.24, 2.45) is 5.92 Å². The molecule has 0 saturated heterocycles. The molecule has 2 aromatic rings. The van der Waals surface area contributed by atoms with Crippen LogP contribution in [0.3, 0.4) is 0 Å². The number of nitrogens with zero attached hydrogens (tertiary/aromatic N) is 1. The highest BCUT2D eigenvalue weighted by Gasteiger charge is 2.44. The number of amides is 1. The van der Waals surface area contributed by atoms with Crippen LogP contribution in [-0.2, 0) is 11.3 Å². The van der Waals surface area contributed by atoms with Gasteiger partial charge in [0.25, 0.3) is 0 Å². The fourth-order valence-electron chi connectivity index (χ4n) is 2.68. The van der Waals surface area contributed by atoms with E-state index >= 15 is 0 Å². The number of nitrogens with one attached hydrogen (secondary N) is 1. The summed E-state index contributed by atoms with van der Waals surface area (Å²) in [6, 6.07) is 7.58. The van der Waals surface area contributed by atoms with E-state index in [1.165, 1.54) is 0 Å². The molecule has 0 aliphatic heterocycles. The molecule has 4 nitrogen and oxygen atoms in total. The van der Waals surface area contributed by atoms with Gasteiger partial charge in [-0.2, -0.15) is 0 Å². The minimum Gasteiger partial charge on any atom is -0.351 e. The third-order valence-electron chi connectivity index (χ3n) is 4.06. The summed E-state index contributed by atoms with van der Waals surface area (Å²) in [5, 5.41) is 3.44. The van der Waals surface area contributed by atoms with Crippen molar-refractivity contribution in [1.29, 1.82) is 0 Å². The van der Waals surface area contributed by atoms with Gasteiger partial charge < -0.3 is 9.88 Å². The Morgan fingerprint density at radius 3 is 2.91 bits per heavy atom. The van der Waals surface area contributed by atoms with Crippen molar-refractivity contribution < 1.29 is 4.79 Å². The predicted molar refractivity (Wildman–Crippen MR) is 95.0 cm³/mol. The molecule has 1 aromatic carbocycles. The van der Waals surface area contributed by atoms with Gasteiger partial charge in [-0.25, -0.2) is 0 Å². The molecule has 1 N–H and O–H groups in total. The van der Waals surface area contributed by atoms with Gasteiger partial charge in [0.1, 0.15) is 5.69 Å². The topological polar surface area (TPSA) is 51.1 Å². The van der Waals surface area contributed by atoms with E-state index in [-0.39, 0.29) is 23.2 Å². The summed E-state index contributed by atoms with van der Waals surface area (Å²) in [5.74, 6) is -0.0518. The first-order valence-corrected chi connectivity index (χ1v) is 8.62. The molecule has 0 radical (unpaired) electrons. The number of pyridine rings is 1. The number of anilines is 1. The van der Waals surface area contributed by atoms with Crippen molar-refractivity contribution >= 4 is 39.1 Å². The molecule has 0 unspecified atom stereocenters. The van der Waals surface area contributed by atoms with Crippen molar-refractivity contribution in [3.05, 3.63) is 61.9 Å². The second kappa shape index (κ2) is 6.49. The molecule has 1 saturated carbocycles. The van der Waals surface area contributed by atoms with Gasteiger partial charge in [-0.05, 0) is 52.9 Å². The van der Waals surface area contributed by atoms with E-state index in [4.69, 9.17) is 11.6 Å². The first-order chi connectivity index (χ1) is 11.0. The molecular weight excluding hydrogens is 380 g/mol. The Morgan fingerprint density at radius 1 is 1.43 bits per heavy atom. The average Bonchev–Trinajstić information content (AvgIpc) is 3.32. The maximum atomic E-state index is 12.4. The second-order valence-corrected chi connectivity index (χ2v) is 6.96. The monoisotopic (exact) mass is 394 g/mol. The van der Waals surface area contributed by atoms with E-state index in [9.17, 15) is 9.59 Å². The summed E-state index contributed by atoms with van der Waals surface area (Å²) in [6.45, 7) is 2.69. The molecule has 1 amide bonds. The van der Waals surface area contributed by atoms with E-state index in [1.54, 1.807) is 12.4 Å². The van der Waals surface area contributed by atoms with Gasteiger partial charge in [-0.15, -0.1) is 0 Å². The summed E-state index contributed by atoms with van der Waals surface area (Å²) in [5.41, 5.74) is 1.17. The zero-order chi connectivity index (χ0) is 16.6. The average molecular weight is 396 g/mol. The molecule has 1 fully saturated rings. The van der Waals surface area contributed by atoms with Crippen LogP contribution in [0.2, 0.25) is 5.02 Å². The number of aromatic nitrogens is 1. The largest absolute Gasteiger partial charge is 0.351 e. The zero-order valence-electron chi connectivity index (χ0n) is 12.6. The molecule has 0 spiro atoms. The van der Waals surface area contributed by atoms with Crippen molar-refractivity contribution in [1.82, 2.24) is 4.57 Å². The van der Waals surface area contributed by atoms with Gasteiger partial charge in [0.05, 0.1) is 4.47 Å². The van der Waals surface area contributed by atoms with Crippen LogP contribution in [0, 0.1) is 5.92 Å². The third-order valence-corrected chi connectivity index (χ3v) is 4.86. The number of carbonyl (C=O) groups is 1. The highest BCUT2D eigenvalue weighted by atomic mass is 79.9. The van der Waals surface area contributed by atoms with E-state index < -0.39 is 0 Å². The lowest BCUT2D eigenvalue weighted by Crippen LogP contribution is -2.22. The lowest BCUT2D eigenvalue weighted by Gasteiger charge is -2.09. The van der Waals surface area contributed by atoms with Crippen LogP contribution in [-0.4, -0.2) is 10.5 Å². The predicted octanol–water partition coefficient (Wildman–Crippen LogP) is 4.03. The Morgan fingerprint density at radius 2 is 2.22 bits per heavy atom. The van der Waals surface area contributed by atoms with E-state index in [0.717, 1.165) is 18.5 Å². The third kappa shape index (κ3) is 3.51. The standard InChI is InChI=1S/C17H16BrClN2O2/c1-2-21-8-14(18)16(22)15(9-21)20-17(23)13-7-12(13)10-4-3-5-11(19)6-10/h3-6,8-9,12-13H,2,7H2,1H3,(H,20,23)/t12-,13-/m0/s1. The number of rotatable bonds is 4. The van der Waals surface area contributed by atoms with Crippen LogP contribution < -0.4 is 10.7 Å². The fourth-order valence-corrected chi connectivity index (χ4v) is 3.36. The highest BCUT2D eigenvalue weighted by Crippen LogP contribution is 2.48. The Kier molecular flexibility index (Phi) is 4.60. The van der Waals surface area contributed by atoms with Gasteiger partial charge in [0, 0.05) is 29.9 Å². The Labute approximate surface area is 147 Å². The number of benzene rings is 1. The number of aryl methyl sites for hydroxylation is 1. The summed E-state index contributed by atoms with van der Waals surface area (Å²) >= 11 is 9.23. The van der Waals surface area contributed by atoms with Crippen LogP contribution >= 0.6 is 27.5 Å². The van der Waals surface area contributed by atoms with E-state index in [2.05, 4.69) is 21.2 Å². The van der Waals surface area contributed by atoms with Gasteiger partial charge >= 0.3 is 0 Å². The van der Waals surface area contributed by atoms with Gasteiger partial charge in [-0.3, -0.25) is 9.59 Å². The first kappa shape index (κ1) is 16.3. The summed E-state index contributed by atoms with van der Waals surface area (Å²) in [4.78, 5) is 24.5. The SMILES string of the molecule is CCn1cc(Br)c(=O)c(NC(=O)[C@H]2C[C@H]2c2cccc(Cl)c2)c1. The van der Waals surface area contributed by atoms with Crippen LogP contribution in [0.25, 0.3) is 0 Å². The highest BCUT2D eigenvalue weighted by molar-refractivity contribution is 9.10. The van der Waals surface area contributed by atoms with E-state index in [0.29, 0.717) is 15.2 Å². The van der Waals surface area contributed by atoms with Crippen LogP contribution in [0.15, 0.2) is 45.9 Å². The van der Waals surface area contributed by atoms with Crippen LogP contribution in [0.1, 0.15) is 24.8 Å². The number of carbonyl (C=O) groups excluding carboxylic acids is 1. The maximum Gasteiger partial charge on any atom is 0.228 e. The molecule has 2 atom stereocenters. The maximum absolute atomic E-state index is 12.4. The summed E-state index contributed by atoms with van der Waals surface area (Å²) < 4.78 is 2.29. The second-order valence-electron chi connectivity index (χ2n) is 5.67. The molecule has 6 heteroatoms. The minimum atomic E-state index is -0.206. The van der Waals surface area contributed by atoms with E-state index in [1.807, 2.05) is 35.8 Å². The molecule has 120 valence electrons. The molecule has 23 heavy (non-hydrogen) atoms. The van der Waals surface area contributed by atoms with Crippen molar-refractivity contribution in [2.75, 3.05) is 5.32 Å². The molecule has 1 heterocycles. The van der Waals surface area contributed by atoms with Gasteiger partial charge in [0.2, 0.25) is 11.3 Å². The zero-order valence-corrected chi connectivity index (χ0v) is 14.9. The molecule has 1 aliphatic carbocycles. The first-order valence-electron chi connectivity index (χ1n) is 7.45. The fraction of sp³-hybridized carbons (Fsp3) is 0.294. The molecule has 1 aliphatic rings. The number of hydrogen-bond donors (Lipinski definition) is 1. The molecule has 0 bridgehead atoms. The summed E-state index contributed by atoms with van der Waals surface area (Å²) in [7, 11) is 0. The van der Waals surface area contributed by atoms with Crippen molar-refractivity contribution in [3.8, 4) is 0 Å². The van der Waals surface area contributed by atoms with Crippen molar-refractivity contribution in [2.45, 2.75) is 25.8 Å². The molecule has 3 rings (SSSR count). The lowest BCUT2D eigenvalue weighted by molar-refractivity contribution is -0.117. The lowest BCUT2D eigenvalue weighted by atomic mass is 10.1. The number of hydrogen-bond acceptors (Lipinski definition) is 2. The van der Waals surface area contributed by atoms with Crippen LogP contribution in [0.4, 0.5) is 5.69 Å². The Bertz CT molecular complexity index is 818. The summed E-state index contributed by atoms with van der Waals surface area (Å²) in [6.07, 6.45) is 4.16. The molecular formula is C17H16BrClN2O2. The minimum absolute atomic E-state index is 0.109. The van der Waals surface area contributed by atoms with Gasteiger partial charge in [0.15, 0.2) is 0 Å². The quantitative estimate of drug-likeness (QED) is 0.850. The normalized spacial score (nSPS) is 19.4. The number of halogens is 2. The van der Waals surface area contributed by atoms with Crippen LogP contribution in [0.5, 0.6) is 0 Å². The smallest absolute Gasteiger partial charge is 0.228 e. The van der Waals surface area contributed by atoms with Crippen molar-refractivity contribution in [3.63, 3.8) is 0 Å². The Hall–Kier alpha value is -1.59.